The van der Waals surface area contributed by atoms with E-state index < -0.39 is 5.97 Å². The molecule has 0 amide bonds. The summed E-state index contributed by atoms with van der Waals surface area (Å²) in [5.74, 6) is 0.365. The fourth-order valence-corrected chi connectivity index (χ4v) is 3.20. The molecule has 1 aromatic carbocycles. The molecule has 0 aliphatic carbocycles. The van der Waals surface area contributed by atoms with Gasteiger partial charge in [0.15, 0.2) is 5.78 Å². The zero-order chi connectivity index (χ0) is 20.6. The van der Waals surface area contributed by atoms with Gasteiger partial charge in [0.1, 0.15) is 18.1 Å². The maximum Gasteiger partial charge on any atom is 0.303 e. The second-order valence-electron chi connectivity index (χ2n) is 6.48. The summed E-state index contributed by atoms with van der Waals surface area (Å²) >= 11 is 0. The number of rotatable bonds is 11. The van der Waals surface area contributed by atoms with Crippen LogP contribution in [0.5, 0.6) is 11.5 Å². The van der Waals surface area contributed by atoms with Crippen LogP contribution in [0.1, 0.15) is 60.7 Å². The van der Waals surface area contributed by atoms with E-state index in [1.807, 2.05) is 26.8 Å². The van der Waals surface area contributed by atoms with Crippen molar-refractivity contribution in [1.29, 1.82) is 0 Å². The van der Waals surface area contributed by atoms with E-state index in [2.05, 4.69) is 6.58 Å². The van der Waals surface area contributed by atoms with Crippen LogP contribution >= 0.6 is 0 Å². The zero-order valence-corrected chi connectivity index (χ0v) is 17.0. The van der Waals surface area contributed by atoms with Crippen LogP contribution in [-0.4, -0.2) is 30.6 Å². The quantitative estimate of drug-likeness (QED) is 0.449. The molecule has 0 spiro atoms. The Kier molecular flexibility index (Phi) is 8.79. The first-order valence-corrected chi connectivity index (χ1v) is 9.12. The molecule has 0 radical (unpaired) electrons. The first-order chi connectivity index (χ1) is 12.8. The summed E-state index contributed by atoms with van der Waals surface area (Å²) in [6, 6.07) is 0. The summed E-state index contributed by atoms with van der Waals surface area (Å²) < 4.78 is 11.6. The van der Waals surface area contributed by atoms with Gasteiger partial charge in [-0.3, -0.25) is 9.59 Å². The second kappa shape index (κ2) is 10.6. The van der Waals surface area contributed by atoms with Crippen molar-refractivity contribution in [2.45, 2.75) is 53.4 Å². The van der Waals surface area contributed by atoms with Crippen LogP contribution in [0.15, 0.2) is 24.3 Å². The molecule has 0 heterocycles. The highest BCUT2D eigenvalue weighted by molar-refractivity contribution is 6.00. The third kappa shape index (κ3) is 5.71. The number of ether oxygens (including phenoxy) is 2. The second-order valence-corrected chi connectivity index (χ2v) is 6.48. The lowest BCUT2D eigenvalue weighted by molar-refractivity contribution is -0.136. The fraction of sp³-hybridized carbons (Fsp3) is 0.455. The molecule has 0 saturated heterocycles. The van der Waals surface area contributed by atoms with Crippen LogP contribution < -0.4 is 9.47 Å². The number of aliphatic carboxylic acids is 1. The number of methoxy groups -OCH3 is 1. The van der Waals surface area contributed by atoms with Crippen LogP contribution in [0.3, 0.4) is 0 Å². The van der Waals surface area contributed by atoms with Gasteiger partial charge in [-0.05, 0) is 51.2 Å². The highest BCUT2D eigenvalue weighted by atomic mass is 16.5. The Morgan fingerprint density at radius 3 is 2.30 bits per heavy atom. The number of hydrogen-bond acceptors (Lipinski definition) is 4. The standard InChI is InChI=1S/C22H30O5/c1-7-13-27-22-18(11-9-14(3)10-12-19(24)25)21(26-6)15(4)17(8-2)20(22)16(5)23/h7,9H,1,8,10-13H2,2-6H3,(H,24,25)/b14-9+. The molecule has 1 aromatic rings. The SMILES string of the molecule is C=CCOc1c(C/C=C(\C)CCC(=O)O)c(OC)c(C)c(CC)c1C(C)=O. The molecule has 0 aromatic heterocycles. The molecule has 0 bridgehead atoms. The topological polar surface area (TPSA) is 72.8 Å². The predicted octanol–water partition coefficient (Wildman–Crippen LogP) is 4.69. The molecule has 5 heteroatoms. The van der Waals surface area contributed by atoms with Gasteiger partial charge in [-0.25, -0.2) is 0 Å². The lowest BCUT2D eigenvalue weighted by atomic mass is 9.90. The molecule has 148 valence electrons. The fourth-order valence-electron chi connectivity index (χ4n) is 3.20. The number of carbonyl (C=O) groups is 2. The molecule has 27 heavy (non-hydrogen) atoms. The first kappa shape index (κ1) is 22.5. The van der Waals surface area contributed by atoms with E-state index >= 15 is 0 Å². The number of ketones is 1. The number of benzene rings is 1. The molecule has 0 atom stereocenters. The van der Waals surface area contributed by atoms with E-state index in [1.54, 1.807) is 20.1 Å². The maximum atomic E-state index is 12.4. The summed E-state index contributed by atoms with van der Waals surface area (Å²) in [6.45, 7) is 11.4. The molecule has 0 saturated carbocycles. The summed E-state index contributed by atoms with van der Waals surface area (Å²) in [4.78, 5) is 23.2. The molecule has 0 fully saturated rings. The van der Waals surface area contributed by atoms with Crippen LogP contribution in [0.2, 0.25) is 0 Å². The Balaban J connectivity index is 3.53. The van der Waals surface area contributed by atoms with E-state index in [0.29, 0.717) is 36.3 Å². The van der Waals surface area contributed by atoms with Crippen LogP contribution in [0.25, 0.3) is 0 Å². The molecule has 0 aliphatic heterocycles. The molecule has 1 rings (SSSR count). The van der Waals surface area contributed by atoms with Crippen molar-refractivity contribution in [2.75, 3.05) is 13.7 Å². The monoisotopic (exact) mass is 374 g/mol. The molecule has 1 N–H and O–H groups in total. The van der Waals surface area contributed by atoms with Gasteiger partial charge >= 0.3 is 5.97 Å². The van der Waals surface area contributed by atoms with Crippen molar-refractivity contribution >= 4 is 11.8 Å². The van der Waals surface area contributed by atoms with E-state index in [4.69, 9.17) is 14.6 Å². The van der Waals surface area contributed by atoms with Gasteiger partial charge in [0.25, 0.3) is 0 Å². The smallest absolute Gasteiger partial charge is 0.303 e. The molecule has 5 nitrogen and oxygen atoms in total. The van der Waals surface area contributed by atoms with E-state index in [9.17, 15) is 9.59 Å². The number of carboxylic acids is 1. The Morgan fingerprint density at radius 1 is 1.15 bits per heavy atom. The lowest BCUT2D eigenvalue weighted by Gasteiger charge is -2.22. The third-order valence-corrected chi connectivity index (χ3v) is 4.51. The van der Waals surface area contributed by atoms with Crippen molar-refractivity contribution in [3.63, 3.8) is 0 Å². The lowest BCUT2D eigenvalue weighted by Crippen LogP contribution is -2.12. The largest absolute Gasteiger partial charge is 0.496 e. The summed E-state index contributed by atoms with van der Waals surface area (Å²) in [7, 11) is 1.61. The third-order valence-electron chi connectivity index (χ3n) is 4.51. The van der Waals surface area contributed by atoms with Crippen molar-refractivity contribution in [3.8, 4) is 11.5 Å². The summed E-state index contributed by atoms with van der Waals surface area (Å²) in [5, 5.41) is 8.85. The Labute approximate surface area is 161 Å². The molecule has 0 aliphatic rings. The van der Waals surface area contributed by atoms with Gasteiger partial charge < -0.3 is 14.6 Å². The van der Waals surface area contributed by atoms with Crippen LogP contribution in [-0.2, 0) is 17.6 Å². The minimum absolute atomic E-state index is 0.0514. The van der Waals surface area contributed by atoms with Crippen molar-refractivity contribution in [2.24, 2.45) is 0 Å². The highest BCUT2D eigenvalue weighted by Gasteiger charge is 2.24. The van der Waals surface area contributed by atoms with E-state index in [0.717, 1.165) is 22.3 Å². The van der Waals surface area contributed by atoms with Crippen LogP contribution in [0.4, 0.5) is 0 Å². The van der Waals surface area contributed by atoms with Gasteiger partial charge in [-0.15, -0.1) is 0 Å². The maximum absolute atomic E-state index is 12.4. The average Bonchev–Trinajstić information content (AvgIpc) is 2.62. The minimum atomic E-state index is -0.822. The normalized spacial score (nSPS) is 11.2. The van der Waals surface area contributed by atoms with Crippen molar-refractivity contribution < 1.29 is 24.2 Å². The Bertz CT molecular complexity index is 744. The molecule has 0 unspecified atom stereocenters. The van der Waals surface area contributed by atoms with Gasteiger partial charge in [-0.2, -0.15) is 0 Å². The van der Waals surface area contributed by atoms with Gasteiger partial charge in [0.05, 0.1) is 12.7 Å². The predicted molar refractivity (Wildman–Crippen MR) is 107 cm³/mol. The summed E-state index contributed by atoms with van der Waals surface area (Å²) in [6.07, 6.45) is 5.36. The van der Waals surface area contributed by atoms with Gasteiger partial charge in [-0.1, -0.05) is 31.2 Å². The number of allylic oxidation sites excluding steroid dienone is 2. The zero-order valence-electron chi connectivity index (χ0n) is 17.0. The van der Waals surface area contributed by atoms with Gasteiger partial charge in [0, 0.05) is 12.0 Å². The average molecular weight is 374 g/mol. The highest BCUT2D eigenvalue weighted by Crippen LogP contribution is 2.40. The Hall–Kier alpha value is -2.56. The number of hydrogen-bond donors (Lipinski definition) is 1. The van der Waals surface area contributed by atoms with Crippen LogP contribution in [0, 0.1) is 6.92 Å². The summed E-state index contributed by atoms with van der Waals surface area (Å²) in [5.41, 5.74) is 4.21. The van der Waals surface area contributed by atoms with E-state index in [1.165, 1.54) is 0 Å². The first-order valence-electron chi connectivity index (χ1n) is 9.12. The molecular formula is C22H30O5. The Morgan fingerprint density at radius 2 is 1.81 bits per heavy atom. The van der Waals surface area contributed by atoms with Crippen molar-refractivity contribution in [1.82, 2.24) is 0 Å². The molecular weight excluding hydrogens is 344 g/mol. The van der Waals surface area contributed by atoms with E-state index in [-0.39, 0.29) is 18.8 Å². The number of Topliss-reactive ketones (excluding diaryl/α,β-unsaturated/α-hetero) is 1. The number of carbonyl (C=O) groups excluding carboxylic acids is 1. The number of carboxylic acid groups (broad SMARTS) is 1. The van der Waals surface area contributed by atoms with Crippen molar-refractivity contribution in [3.05, 3.63) is 46.6 Å². The minimum Gasteiger partial charge on any atom is -0.496 e. The van der Waals surface area contributed by atoms with Gasteiger partial charge in [0.2, 0.25) is 0 Å².